The van der Waals surface area contributed by atoms with E-state index in [-0.39, 0.29) is 18.4 Å². The Morgan fingerprint density at radius 2 is 2.16 bits per heavy atom. The van der Waals surface area contributed by atoms with Gasteiger partial charge in [-0.25, -0.2) is 0 Å². The molecule has 1 saturated carbocycles. The molecule has 1 fully saturated rings. The Hall–Kier alpha value is -1.39. The Balaban J connectivity index is 2.02. The van der Waals surface area contributed by atoms with Crippen LogP contribution in [-0.4, -0.2) is 17.6 Å². The van der Waals surface area contributed by atoms with Gasteiger partial charge >= 0.3 is 0 Å². The van der Waals surface area contributed by atoms with Crippen LogP contribution in [0, 0.1) is 11.8 Å². The van der Waals surface area contributed by atoms with Crippen molar-refractivity contribution in [2.75, 3.05) is 11.9 Å². The van der Waals surface area contributed by atoms with E-state index in [2.05, 4.69) is 5.32 Å². The Kier molecular flexibility index (Phi) is 4.93. The summed E-state index contributed by atoms with van der Waals surface area (Å²) in [5.74, 6) is 0.386. The Labute approximate surface area is 114 Å². The summed E-state index contributed by atoms with van der Waals surface area (Å²) in [6.07, 6.45) is 4.25. The molecule has 104 valence electrons. The highest BCUT2D eigenvalue weighted by Crippen LogP contribution is 2.30. The van der Waals surface area contributed by atoms with Gasteiger partial charge in [0.2, 0.25) is 5.91 Å². The van der Waals surface area contributed by atoms with Gasteiger partial charge in [0.05, 0.1) is 6.61 Å². The highest BCUT2D eigenvalue weighted by atomic mass is 16.3. The number of carbonyl (C=O) groups excluding carboxylic acids is 1. The van der Waals surface area contributed by atoms with Crippen molar-refractivity contribution in [3.05, 3.63) is 29.8 Å². The van der Waals surface area contributed by atoms with Crippen LogP contribution in [0.3, 0.4) is 0 Å². The summed E-state index contributed by atoms with van der Waals surface area (Å²) in [5, 5.41) is 12.0. The van der Waals surface area contributed by atoms with E-state index in [1.807, 2.05) is 18.2 Å². The molecule has 2 rings (SSSR count). The number of nitrogens with one attached hydrogen (secondary N) is 1. The predicted octanol–water partition coefficient (Wildman–Crippen LogP) is 1.88. The molecule has 1 aromatic carbocycles. The van der Waals surface area contributed by atoms with Gasteiger partial charge < -0.3 is 16.2 Å². The monoisotopic (exact) mass is 262 g/mol. The van der Waals surface area contributed by atoms with Gasteiger partial charge in [0.25, 0.3) is 0 Å². The number of aliphatic hydroxyl groups is 1. The lowest BCUT2D eigenvalue weighted by Gasteiger charge is -2.29. The van der Waals surface area contributed by atoms with E-state index < -0.39 is 0 Å². The fraction of sp³-hybridized carbons (Fsp3) is 0.533. The molecule has 4 N–H and O–H groups in total. The molecule has 19 heavy (non-hydrogen) atoms. The van der Waals surface area contributed by atoms with Crippen LogP contribution in [0.25, 0.3) is 0 Å². The summed E-state index contributed by atoms with van der Waals surface area (Å²) in [5.41, 5.74) is 7.31. The quantitative estimate of drug-likeness (QED) is 0.775. The maximum Gasteiger partial charge on any atom is 0.227 e. The van der Waals surface area contributed by atoms with Gasteiger partial charge in [-0.1, -0.05) is 25.0 Å². The summed E-state index contributed by atoms with van der Waals surface area (Å²) < 4.78 is 0. The summed E-state index contributed by atoms with van der Waals surface area (Å²) in [7, 11) is 0. The van der Waals surface area contributed by atoms with Crippen LogP contribution >= 0.6 is 0 Å². The maximum absolute atomic E-state index is 12.3. The van der Waals surface area contributed by atoms with Gasteiger partial charge in [0, 0.05) is 11.6 Å². The van der Waals surface area contributed by atoms with E-state index in [1.54, 1.807) is 6.07 Å². The number of benzene rings is 1. The fourth-order valence-electron chi connectivity index (χ4n) is 2.82. The smallest absolute Gasteiger partial charge is 0.227 e. The number of hydrogen-bond acceptors (Lipinski definition) is 3. The molecule has 0 saturated heterocycles. The molecule has 0 aliphatic heterocycles. The first-order valence-electron chi connectivity index (χ1n) is 6.95. The van der Waals surface area contributed by atoms with Gasteiger partial charge in [-0.15, -0.1) is 0 Å². The van der Waals surface area contributed by atoms with Crippen LogP contribution in [0.2, 0.25) is 0 Å². The third kappa shape index (κ3) is 3.55. The third-order valence-electron chi connectivity index (χ3n) is 3.93. The van der Waals surface area contributed by atoms with E-state index in [0.717, 1.165) is 30.5 Å². The Morgan fingerprint density at radius 3 is 2.89 bits per heavy atom. The molecule has 0 spiro atoms. The second kappa shape index (κ2) is 6.68. The van der Waals surface area contributed by atoms with Crippen molar-refractivity contribution in [2.45, 2.75) is 32.3 Å². The number of nitrogens with two attached hydrogens (primary N) is 1. The number of aliphatic hydroxyl groups excluding tert-OH is 1. The molecule has 0 bridgehead atoms. The van der Waals surface area contributed by atoms with E-state index >= 15 is 0 Å². The van der Waals surface area contributed by atoms with Crippen molar-refractivity contribution in [2.24, 2.45) is 17.6 Å². The van der Waals surface area contributed by atoms with Crippen LogP contribution < -0.4 is 11.1 Å². The molecular weight excluding hydrogens is 240 g/mol. The zero-order valence-corrected chi connectivity index (χ0v) is 11.1. The van der Waals surface area contributed by atoms with Gasteiger partial charge in [-0.3, -0.25) is 4.79 Å². The Morgan fingerprint density at radius 1 is 1.37 bits per heavy atom. The number of anilines is 1. The lowest BCUT2D eigenvalue weighted by Crippen LogP contribution is -2.35. The summed E-state index contributed by atoms with van der Waals surface area (Å²) in [6.45, 7) is 0.563. The average molecular weight is 262 g/mol. The van der Waals surface area contributed by atoms with Gasteiger partial charge in [-0.05, 0) is 43.0 Å². The van der Waals surface area contributed by atoms with Crippen molar-refractivity contribution in [1.82, 2.24) is 0 Å². The standard InChI is InChI=1S/C15H22N2O2/c16-9-12-5-1-2-7-14(12)15(19)17-13-6-3-4-11(8-13)10-18/h3-4,6,8,12,14,18H,1-2,5,7,9-10,16H2,(H,17,19). The minimum absolute atomic E-state index is 0.0153. The first-order valence-corrected chi connectivity index (χ1v) is 6.95. The zero-order valence-electron chi connectivity index (χ0n) is 11.1. The second-order valence-corrected chi connectivity index (χ2v) is 5.23. The lowest BCUT2D eigenvalue weighted by molar-refractivity contribution is -0.122. The first-order chi connectivity index (χ1) is 9.24. The molecule has 2 unspecified atom stereocenters. The SMILES string of the molecule is NCC1CCCCC1C(=O)Nc1cccc(CO)c1. The predicted molar refractivity (Wildman–Crippen MR) is 75.5 cm³/mol. The fourth-order valence-corrected chi connectivity index (χ4v) is 2.82. The van der Waals surface area contributed by atoms with Crippen molar-refractivity contribution in [3.63, 3.8) is 0 Å². The molecule has 1 aliphatic rings. The second-order valence-electron chi connectivity index (χ2n) is 5.23. The van der Waals surface area contributed by atoms with Crippen LogP contribution in [-0.2, 0) is 11.4 Å². The average Bonchev–Trinajstić information content (AvgIpc) is 2.47. The van der Waals surface area contributed by atoms with E-state index in [4.69, 9.17) is 10.8 Å². The van der Waals surface area contributed by atoms with E-state index in [9.17, 15) is 4.79 Å². The van der Waals surface area contributed by atoms with Crippen LogP contribution in [0.1, 0.15) is 31.2 Å². The van der Waals surface area contributed by atoms with E-state index in [1.165, 1.54) is 6.42 Å². The highest BCUT2D eigenvalue weighted by Gasteiger charge is 2.29. The molecule has 4 heteroatoms. The van der Waals surface area contributed by atoms with Gasteiger partial charge in [0.1, 0.15) is 0 Å². The van der Waals surface area contributed by atoms with Crippen molar-refractivity contribution < 1.29 is 9.90 Å². The number of carbonyl (C=O) groups is 1. The minimum Gasteiger partial charge on any atom is -0.392 e. The van der Waals surface area contributed by atoms with Crippen molar-refractivity contribution >= 4 is 11.6 Å². The van der Waals surface area contributed by atoms with Crippen LogP contribution in [0.4, 0.5) is 5.69 Å². The molecule has 4 nitrogen and oxygen atoms in total. The molecule has 2 atom stereocenters. The summed E-state index contributed by atoms with van der Waals surface area (Å²) in [6, 6.07) is 7.32. The first kappa shape index (κ1) is 14.0. The number of rotatable bonds is 4. The summed E-state index contributed by atoms with van der Waals surface area (Å²) >= 11 is 0. The Bertz CT molecular complexity index is 434. The normalized spacial score (nSPS) is 23.1. The number of amides is 1. The molecule has 0 radical (unpaired) electrons. The van der Waals surface area contributed by atoms with Crippen molar-refractivity contribution in [3.8, 4) is 0 Å². The van der Waals surface area contributed by atoms with E-state index in [0.29, 0.717) is 12.5 Å². The molecule has 0 aromatic heterocycles. The summed E-state index contributed by atoms with van der Waals surface area (Å²) in [4.78, 5) is 12.3. The molecule has 1 amide bonds. The number of hydrogen-bond donors (Lipinski definition) is 3. The molecule has 1 aliphatic carbocycles. The van der Waals surface area contributed by atoms with Crippen molar-refractivity contribution in [1.29, 1.82) is 0 Å². The van der Waals surface area contributed by atoms with Gasteiger partial charge in [-0.2, -0.15) is 0 Å². The molecular formula is C15H22N2O2. The molecule has 0 heterocycles. The third-order valence-corrected chi connectivity index (χ3v) is 3.93. The maximum atomic E-state index is 12.3. The minimum atomic E-state index is -0.0153. The zero-order chi connectivity index (χ0) is 13.7. The largest absolute Gasteiger partial charge is 0.392 e. The molecule has 1 aromatic rings. The topological polar surface area (TPSA) is 75.4 Å². The van der Waals surface area contributed by atoms with Crippen LogP contribution in [0.5, 0.6) is 0 Å². The lowest BCUT2D eigenvalue weighted by atomic mass is 9.78. The van der Waals surface area contributed by atoms with Crippen LogP contribution in [0.15, 0.2) is 24.3 Å². The highest BCUT2D eigenvalue weighted by molar-refractivity contribution is 5.92. The van der Waals surface area contributed by atoms with Gasteiger partial charge in [0.15, 0.2) is 0 Å².